The van der Waals surface area contributed by atoms with Gasteiger partial charge in [-0.2, -0.15) is 0 Å². The van der Waals surface area contributed by atoms with Crippen molar-refractivity contribution in [1.82, 2.24) is 14.9 Å². The third-order valence-corrected chi connectivity index (χ3v) is 6.60. The van der Waals surface area contributed by atoms with E-state index in [1.54, 1.807) is 43.1 Å². The Kier molecular flexibility index (Phi) is 6.53. The molecule has 4 rings (SSSR count). The monoisotopic (exact) mass is 486 g/mol. The molecule has 0 amide bonds. The van der Waals surface area contributed by atoms with Gasteiger partial charge in [0.25, 0.3) is 0 Å². The Morgan fingerprint density at radius 3 is 2.40 bits per heavy atom. The smallest absolute Gasteiger partial charge is 0.307 e. The van der Waals surface area contributed by atoms with Gasteiger partial charge in [0, 0.05) is 49.1 Å². The van der Waals surface area contributed by atoms with Crippen molar-refractivity contribution < 1.29 is 23.1 Å². The number of halogens is 3. The molecule has 1 aliphatic carbocycles. The maximum absolute atomic E-state index is 15.7. The van der Waals surface area contributed by atoms with E-state index in [0.717, 1.165) is 16.7 Å². The minimum Gasteiger partial charge on any atom is -0.481 e. The van der Waals surface area contributed by atoms with Crippen LogP contribution < -0.4 is 11.1 Å². The predicted molar refractivity (Wildman–Crippen MR) is 130 cm³/mol. The van der Waals surface area contributed by atoms with Crippen LogP contribution in [0.15, 0.2) is 48.4 Å². The zero-order chi connectivity index (χ0) is 25.4. The molecular weight excluding hydrogens is 457 g/mol. The number of pyridine rings is 1. The van der Waals surface area contributed by atoms with Crippen molar-refractivity contribution >= 4 is 22.7 Å². The van der Waals surface area contributed by atoms with E-state index < -0.39 is 30.4 Å². The molecule has 35 heavy (non-hydrogen) atoms. The van der Waals surface area contributed by atoms with Crippen LogP contribution in [0.1, 0.15) is 43.7 Å². The Hall–Kier alpha value is -3.49. The lowest BCUT2D eigenvalue weighted by Gasteiger charge is -2.34. The molecule has 2 heterocycles. The maximum atomic E-state index is 15.7. The number of fused-ring (bicyclic) bond motifs is 1. The first kappa shape index (κ1) is 24.6. The number of carboxylic acid groups (broad SMARTS) is 1. The largest absolute Gasteiger partial charge is 0.481 e. The van der Waals surface area contributed by atoms with Gasteiger partial charge in [-0.3, -0.25) is 9.78 Å². The molecule has 1 aromatic carbocycles. The van der Waals surface area contributed by atoms with E-state index in [9.17, 15) is 13.6 Å². The Morgan fingerprint density at radius 1 is 1.17 bits per heavy atom. The molecule has 0 atom stereocenters. The van der Waals surface area contributed by atoms with Crippen molar-refractivity contribution in [3.05, 3.63) is 59.5 Å². The zero-order valence-corrected chi connectivity index (χ0v) is 19.7. The van der Waals surface area contributed by atoms with Crippen molar-refractivity contribution in [3.8, 4) is 11.1 Å². The summed E-state index contributed by atoms with van der Waals surface area (Å²) in [6.45, 7) is 1.69. The topological polar surface area (TPSA) is 93.2 Å². The normalized spacial score (nSPS) is 17.7. The standard InChI is InChI=1S/C26H29F3N4O2/c1-16(30)23(31-2)19-12-21-24(32-13-19)20(18-5-3-17(4-6-18)11-22(34)35)14-33(21)15-25(27)7-9-26(28,29)10-8-25/h3-6,12-14,31H,7-11,15,30H2,1-2H3,(H,34,35)/b23-16-. The first-order valence-corrected chi connectivity index (χ1v) is 11.5. The molecule has 186 valence electrons. The predicted octanol–water partition coefficient (Wildman–Crippen LogP) is 5.11. The number of carboxylic acids is 1. The Morgan fingerprint density at radius 2 is 1.83 bits per heavy atom. The highest BCUT2D eigenvalue weighted by molar-refractivity contribution is 5.94. The summed E-state index contributed by atoms with van der Waals surface area (Å²) < 4.78 is 44.8. The maximum Gasteiger partial charge on any atom is 0.307 e. The van der Waals surface area contributed by atoms with E-state index in [1.807, 2.05) is 18.2 Å². The molecule has 9 heteroatoms. The molecule has 0 aliphatic heterocycles. The van der Waals surface area contributed by atoms with Crippen LogP contribution >= 0.6 is 0 Å². The average molecular weight is 487 g/mol. The van der Waals surface area contributed by atoms with Gasteiger partial charge < -0.3 is 20.7 Å². The van der Waals surface area contributed by atoms with Crippen molar-refractivity contribution in [2.75, 3.05) is 7.05 Å². The van der Waals surface area contributed by atoms with Gasteiger partial charge in [-0.05, 0) is 37.0 Å². The third kappa shape index (κ3) is 5.28. The molecule has 1 saturated carbocycles. The number of hydrogen-bond donors (Lipinski definition) is 3. The third-order valence-electron chi connectivity index (χ3n) is 6.60. The van der Waals surface area contributed by atoms with Gasteiger partial charge in [0.2, 0.25) is 5.92 Å². The van der Waals surface area contributed by atoms with Crippen LogP contribution in [0.5, 0.6) is 0 Å². The summed E-state index contributed by atoms with van der Waals surface area (Å²) in [5, 5.41) is 12.1. The Balaban J connectivity index is 1.79. The van der Waals surface area contributed by atoms with E-state index in [-0.39, 0.29) is 25.8 Å². The van der Waals surface area contributed by atoms with E-state index >= 15 is 4.39 Å². The van der Waals surface area contributed by atoms with Crippen LogP contribution in [0.3, 0.4) is 0 Å². The van der Waals surface area contributed by atoms with E-state index in [2.05, 4.69) is 10.3 Å². The Bertz CT molecular complexity index is 1270. The molecule has 4 N–H and O–H groups in total. The number of carbonyl (C=O) groups is 1. The number of nitrogens with two attached hydrogens (primary N) is 1. The second-order valence-corrected chi connectivity index (χ2v) is 9.34. The van der Waals surface area contributed by atoms with Gasteiger partial charge in [0.1, 0.15) is 5.67 Å². The zero-order valence-electron chi connectivity index (χ0n) is 19.7. The number of nitrogens with one attached hydrogen (secondary N) is 1. The molecule has 1 fully saturated rings. The molecule has 0 radical (unpaired) electrons. The summed E-state index contributed by atoms with van der Waals surface area (Å²) in [4.78, 5) is 15.7. The summed E-state index contributed by atoms with van der Waals surface area (Å²) in [6, 6.07) is 8.96. The van der Waals surface area contributed by atoms with Crippen LogP contribution in [-0.4, -0.2) is 39.3 Å². The minimum atomic E-state index is -2.82. The summed E-state index contributed by atoms with van der Waals surface area (Å²) in [6.07, 6.45) is 2.02. The van der Waals surface area contributed by atoms with Gasteiger partial charge in [-0.15, -0.1) is 0 Å². The number of allylic oxidation sites excluding steroid dienone is 1. The SMILES string of the molecule is CN/C(=C(/C)N)c1cnc2c(-c3ccc(CC(=O)O)cc3)cn(CC3(F)CCC(F)(F)CC3)c2c1. The second kappa shape index (κ2) is 9.28. The fourth-order valence-electron chi connectivity index (χ4n) is 4.72. The van der Waals surface area contributed by atoms with Crippen LogP contribution in [0.2, 0.25) is 0 Å². The van der Waals surface area contributed by atoms with Crippen LogP contribution in [0, 0.1) is 0 Å². The highest BCUT2D eigenvalue weighted by atomic mass is 19.3. The number of rotatable bonds is 7. The minimum absolute atomic E-state index is 0.0674. The highest BCUT2D eigenvalue weighted by Gasteiger charge is 2.44. The molecule has 0 unspecified atom stereocenters. The first-order chi connectivity index (χ1) is 16.5. The lowest BCUT2D eigenvalue weighted by molar-refractivity contribution is -0.136. The van der Waals surface area contributed by atoms with Gasteiger partial charge in [0.05, 0.1) is 29.7 Å². The number of nitrogens with zero attached hydrogens (tertiary/aromatic N) is 2. The van der Waals surface area contributed by atoms with Crippen molar-refractivity contribution in [3.63, 3.8) is 0 Å². The lowest BCUT2D eigenvalue weighted by atomic mass is 9.84. The average Bonchev–Trinajstić information content (AvgIpc) is 3.14. The van der Waals surface area contributed by atoms with Crippen molar-refractivity contribution in [2.24, 2.45) is 5.73 Å². The number of hydrogen-bond acceptors (Lipinski definition) is 4. The molecular formula is C26H29F3N4O2. The molecule has 0 saturated heterocycles. The summed E-state index contributed by atoms with van der Waals surface area (Å²) in [5.74, 6) is -3.74. The van der Waals surface area contributed by atoms with E-state index in [0.29, 0.717) is 28.0 Å². The number of aromatic nitrogens is 2. The van der Waals surface area contributed by atoms with Crippen molar-refractivity contribution in [1.29, 1.82) is 0 Å². The van der Waals surface area contributed by atoms with Gasteiger partial charge in [-0.1, -0.05) is 24.3 Å². The number of aliphatic carboxylic acids is 1. The second-order valence-electron chi connectivity index (χ2n) is 9.34. The molecule has 3 aromatic rings. The van der Waals surface area contributed by atoms with Gasteiger partial charge >= 0.3 is 5.97 Å². The van der Waals surface area contributed by atoms with E-state index in [4.69, 9.17) is 10.8 Å². The molecule has 0 spiro atoms. The summed E-state index contributed by atoms with van der Waals surface area (Å²) in [7, 11) is 1.75. The quantitative estimate of drug-likeness (QED) is 0.431. The molecule has 6 nitrogen and oxygen atoms in total. The molecule has 0 bridgehead atoms. The van der Waals surface area contributed by atoms with Gasteiger partial charge in [0.15, 0.2) is 0 Å². The molecule has 2 aromatic heterocycles. The fourth-order valence-corrected chi connectivity index (χ4v) is 4.72. The highest BCUT2D eigenvalue weighted by Crippen LogP contribution is 2.42. The number of alkyl halides is 3. The number of benzene rings is 1. The van der Waals surface area contributed by atoms with Crippen molar-refractivity contribution in [2.45, 2.75) is 57.2 Å². The van der Waals surface area contributed by atoms with E-state index in [1.165, 1.54) is 0 Å². The van der Waals surface area contributed by atoms with Crippen LogP contribution in [-0.2, 0) is 17.8 Å². The first-order valence-electron chi connectivity index (χ1n) is 11.5. The van der Waals surface area contributed by atoms with Crippen LogP contribution in [0.4, 0.5) is 13.2 Å². The van der Waals surface area contributed by atoms with Gasteiger partial charge in [-0.25, -0.2) is 13.2 Å². The van der Waals surface area contributed by atoms with Crippen LogP contribution in [0.25, 0.3) is 27.9 Å². The summed E-state index contributed by atoms with van der Waals surface area (Å²) in [5.41, 5.74) is 9.75. The summed E-state index contributed by atoms with van der Waals surface area (Å²) >= 11 is 0. The lowest BCUT2D eigenvalue weighted by Crippen LogP contribution is -2.38. The fraction of sp³-hybridized carbons (Fsp3) is 0.385. The Labute approximate surface area is 201 Å². The molecule has 1 aliphatic rings.